The number of hydrogen-bond donors (Lipinski definition) is 0. The average molecular weight is 219 g/mol. The van der Waals surface area contributed by atoms with Crippen LogP contribution in [0.15, 0.2) is 30.3 Å². The van der Waals surface area contributed by atoms with Gasteiger partial charge in [0.1, 0.15) is 0 Å². The zero-order valence-corrected chi connectivity index (χ0v) is 6.39. The molecule has 0 heterocycles. The van der Waals surface area contributed by atoms with Crippen molar-refractivity contribution in [1.29, 1.82) is 0 Å². The Bertz CT molecular complexity index is 138. The third-order valence-electron chi connectivity index (χ3n) is 0.713. The van der Waals surface area contributed by atoms with Crippen molar-refractivity contribution >= 4 is 4.04 Å². The second-order valence-electron chi connectivity index (χ2n) is 1.26. The van der Waals surface area contributed by atoms with E-state index in [0.717, 1.165) is 0 Å². The molecule has 0 fully saturated rings. The maximum atomic E-state index is 3.07. The van der Waals surface area contributed by atoms with E-state index in [-0.39, 0.29) is 12.4 Å². The maximum absolute atomic E-state index is 3.07. The van der Waals surface area contributed by atoms with Crippen molar-refractivity contribution in [2.24, 2.45) is 0 Å². The van der Waals surface area contributed by atoms with Gasteiger partial charge in [0, 0.05) is 0 Å². The Morgan fingerprint density at radius 3 is 1.75 bits per heavy atom. The molecule has 0 unspecified atom stereocenters. The molecule has 2 heteroatoms. The summed E-state index contributed by atoms with van der Waals surface area (Å²) in [6, 6.07) is 10.0. The number of benzene rings is 1. The second-order valence-corrected chi connectivity index (χ2v) is 2.16. The predicted octanol–water partition coefficient (Wildman–Crippen LogP) is -2.14. The molecule has 0 atom stereocenters. The summed E-state index contributed by atoms with van der Waals surface area (Å²) in [5.74, 6) is 0. The van der Waals surface area contributed by atoms with E-state index in [1.165, 1.54) is 4.04 Å². The van der Waals surface area contributed by atoms with Crippen LogP contribution in [-0.4, -0.2) is 0 Å². The van der Waals surface area contributed by atoms with Crippen LogP contribution >= 0.6 is 0 Å². The van der Waals surface area contributed by atoms with E-state index in [9.17, 15) is 0 Å². The molecule has 0 saturated carbocycles. The summed E-state index contributed by atoms with van der Waals surface area (Å²) >= 11 is 3.07. The van der Waals surface area contributed by atoms with Crippen LogP contribution in [0.4, 0.5) is 0 Å². The molecule has 46 valence electrons. The number of halogens is 1. The van der Waals surface area contributed by atoms with Gasteiger partial charge in [0.25, 0.3) is 0 Å². The zero-order chi connectivity index (χ0) is 5.11. The molecule has 0 aliphatic carbocycles. The Morgan fingerprint density at radius 1 is 1.00 bits per heavy atom. The van der Waals surface area contributed by atoms with Crippen LogP contribution in [0.25, 0.3) is 0 Å². The Morgan fingerprint density at radius 2 is 1.50 bits per heavy atom. The monoisotopic (exact) mass is 218 g/mol. The number of hydrogen-bond acceptors (Lipinski definition) is 0. The first-order valence-corrected chi connectivity index (χ1v) is 2.85. The van der Waals surface area contributed by atoms with Gasteiger partial charge >= 0.3 is 53.6 Å². The van der Waals surface area contributed by atoms with Crippen molar-refractivity contribution in [2.45, 2.75) is 0 Å². The molecule has 0 saturated heterocycles. The van der Waals surface area contributed by atoms with Crippen LogP contribution in [0, 0.1) is 0 Å². The molecule has 0 bridgehead atoms. The molecule has 0 aromatic heterocycles. The first kappa shape index (κ1) is 8.17. The van der Waals surface area contributed by atoms with E-state index < -0.39 is 0 Å². The van der Waals surface area contributed by atoms with Crippen molar-refractivity contribution in [1.82, 2.24) is 0 Å². The van der Waals surface area contributed by atoms with Crippen molar-refractivity contribution in [3.8, 4) is 0 Å². The standard InChI is InChI=1S/C6H5.ClH.Pd/c1-2-4-6-5-3-1;;/h1-5H;1H;/q;;+1/p-1. The van der Waals surface area contributed by atoms with Crippen molar-refractivity contribution in [2.75, 3.05) is 0 Å². The minimum atomic E-state index is 0. The van der Waals surface area contributed by atoms with E-state index in [4.69, 9.17) is 0 Å². The summed E-state index contributed by atoms with van der Waals surface area (Å²) in [7, 11) is 0. The second kappa shape index (κ2) is 4.09. The number of rotatable bonds is 0. The third kappa shape index (κ3) is 2.47. The quantitative estimate of drug-likeness (QED) is 0.437. The molecule has 0 aliphatic rings. The fraction of sp³-hybridized carbons (Fsp3) is 0. The molecule has 0 radical (unpaired) electrons. The van der Waals surface area contributed by atoms with Gasteiger partial charge in [-0.15, -0.1) is 0 Å². The van der Waals surface area contributed by atoms with Gasteiger partial charge in [-0.2, -0.15) is 0 Å². The summed E-state index contributed by atoms with van der Waals surface area (Å²) in [6.45, 7) is 0. The molecule has 1 aromatic carbocycles. The predicted molar refractivity (Wildman–Crippen MR) is 26.1 cm³/mol. The SMILES string of the molecule is [Cl-].[Pd+][c]1ccccc1. The normalized spacial score (nSPS) is 7.75. The fourth-order valence-corrected chi connectivity index (χ4v) is 0.702. The Kier molecular flexibility index (Phi) is 4.18. The van der Waals surface area contributed by atoms with Crippen LogP contribution < -0.4 is 16.4 Å². The van der Waals surface area contributed by atoms with Crippen LogP contribution in [0.1, 0.15) is 0 Å². The molecule has 0 aliphatic heterocycles. The van der Waals surface area contributed by atoms with Crippen molar-refractivity contribution in [3.63, 3.8) is 0 Å². The van der Waals surface area contributed by atoms with Crippen LogP contribution in [0.5, 0.6) is 0 Å². The van der Waals surface area contributed by atoms with Gasteiger partial charge in [-0.1, -0.05) is 0 Å². The van der Waals surface area contributed by atoms with E-state index >= 15 is 0 Å². The zero-order valence-electron chi connectivity index (χ0n) is 4.08. The van der Waals surface area contributed by atoms with Crippen LogP contribution in [0.2, 0.25) is 0 Å². The molecule has 0 amide bonds. The van der Waals surface area contributed by atoms with Gasteiger partial charge in [-0.25, -0.2) is 0 Å². The molecule has 1 aromatic rings. The molecule has 1 rings (SSSR count). The summed E-state index contributed by atoms with van der Waals surface area (Å²) < 4.78 is 1.17. The minimum absolute atomic E-state index is 0. The van der Waals surface area contributed by atoms with E-state index in [1.807, 2.05) is 30.3 Å². The summed E-state index contributed by atoms with van der Waals surface area (Å²) in [6.07, 6.45) is 0. The third-order valence-corrected chi connectivity index (χ3v) is 1.23. The average Bonchev–Trinajstić information content (AvgIpc) is 1.69. The van der Waals surface area contributed by atoms with Gasteiger partial charge in [-0.05, 0) is 0 Å². The topological polar surface area (TPSA) is 0 Å². The Labute approximate surface area is 66.1 Å². The van der Waals surface area contributed by atoms with Crippen molar-refractivity contribution in [3.05, 3.63) is 30.3 Å². The van der Waals surface area contributed by atoms with Gasteiger partial charge in [0.05, 0.1) is 0 Å². The summed E-state index contributed by atoms with van der Waals surface area (Å²) in [5, 5.41) is 0. The Balaban J connectivity index is 0.000000490. The van der Waals surface area contributed by atoms with Crippen LogP contribution in [0.3, 0.4) is 0 Å². The summed E-state index contributed by atoms with van der Waals surface area (Å²) in [4.78, 5) is 0. The molecule has 8 heavy (non-hydrogen) atoms. The molecule has 0 spiro atoms. The molecule has 0 N–H and O–H groups in total. The van der Waals surface area contributed by atoms with Crippen LogP contribution in [-0.2, 0) is 19.2 Å². The first-order chi connectivity index (χ1) is 3.39. The molecular formula is C6H5ClPd. The van der Waals surface area contributed by atoms with Gasteiger partial charge in [-0.3, -0.25) is 0 Å². The molecule has 0 nitrogen and oxygen atoms in total. The molecular weight excluding hydrogens is 214 g/mol. The Hall–Kier alpha value is 0.172. The first-order valence-electron chi connectivity index (χ1n) is 2.07. The van der Waals surface area contributed by atoms with E-state index in [2.05, 4.69) is 19.2 Å². The van der Waals surface area contributed by atoms with E-state index in [0.29, 0.717) is 0 Å². The van der Waals surface area contributed by atoms with Gasteiger partial charge in [0.15, 0.2) is 0 Å². The van der Waals surface area contributed by atoms with E-state index in [1.54, 1.807) is 0 Å². The van der Waals surface area contributed by atoms with Gasteiger partial charge < -0.3 is 12.4 Å². The van der Waals surface area contributed by atoms with Gasteiger partial charge in [0.2, 0.25) is 0 Å². The fourth-order valence-electron chi connectivity index (χ4n) is 0.403. The summed E-state index contributed by atoms with van der Waals surface area (Å²) in [5.41, 5.74) is 0. The van der Waals surface area contributed by atoms with Crippen molar-refractivity contribution < 1.29 is 31.6 Å².